The number of nitrogens with zero attached hydrogens (tertiary/aromatic N) is 2. The van der Waals surface area contributed by atoms with E-state index < -0.39 is 6.10 Å². The van der Waals surface area contributed by atoms with Crippen LogP contribution in [0.4, 0.5) is 4.39 Å². The fraction of sp³-hybridized carbons (Fsp3) is 0.143. The molecule has 1 atom stereocenters. The van der Waals surface area contributed by atoms with Crippen molar-refractivity contribution in [1.82, 2.24) is 9.55 Å². The molecule has 2 heterocycles. The highest BCUT2D eigenvalue weighted by molar-refractivity contribution is 9.10. The molecule has 4 aromatic rings. The van der Waals surface area contributed by atoms with Crippen molar-refractivity contribution in [3.05, 3.63) is 81.6 Å². The first kappa shape index (κ1) is 19.8. The van der Waals surface area contributed by atoms with Crippen LogP contribution in [0.15, 0.2) is 70.2 Å². The summed E-state index contributed by atoms with van der Waals surface area (Å²) in [6.07, 6.45) is 0.520. The number of aliphatic hydroxyl groups excluding tert-OH is 1. The zero-order valence-electron chi connectivity index (χ0n) is 15.1. The van der Waals surface area contributed by atoms with E-state index in [9.17, 15) is 14.3 Å². The van der Waals surface area contributed by atoms with Crippen LogP contribution in [0.5, 0.6) is 5.75 Å². The number of ether oxygens (including phenoxy) is 1. The molecule has 0 unspecified atom stereocenters. The number of fused-ring (bicyclic) bond motifs is 1. The van der Waals surface area contributed by atoms with Gasteiger partial charge in [-0.05, 0) is 48.0 Å². The van der Waals surface area contributed by atoms with Gasteiger partial charge >= 0.3 is 0 Å². The Bertz CT molecular complexity index is 1190. The minimum atomic E-state index is -0.914. The highest BCUT2D eigenvalue weighted by Gasteiger charge is 2.13. The first-order valence-electron chi connectivity index (χ1n) is 8.81. The third-order valence-electron chi connectivity index (χ3n) is 4.30. The fourth-order valence-electron chi connectivity index (χ4n) is 2.83. The van der Waals surface area contributed by atoms with E-state index in [1.807, 2.05) is 30.3 Å². The quantitative estimate of drug-likeness (QED) is 0.447. The van der Waals surface area contributed by atoms with Gasteiger partial charge in [-0.15, -0.1) is 11.3 Å². The Morgan fingerprint density at radius 1 is 1.17 bits per heavy atom. The molecule has 4 rings (SSSR count). The van der Waals surface area contributed by atoms with Crippen LogP contribution in [0.2, 0.25) is 0 Å². The highest BCUT2D eigenvalue weighted by atomic mass is 79.9. The summed E-state index contributed by atoms with van der Waals surface area (Å²) in [6, 6.07) is 15.3. The van der Waals surface area contributed by atoms with Crippen LogP contribution in [0.3, 0.4) is 0 Å². The Labute approximate surface area is 178 Å². The number of halogens is 2. The number of aromatic nitrogens is 2. The predicted molar refractivity (Wildman–Crippen MR) is 115 cm³/mol. The number of thiophene rings is 1. The molecule has 0 saturated carbocycles. The van der Waals surface area contributed by atoms with E-state index >= 15 is 0 Å². The van der Waals surface area contributed by atoms with Crippen LogP contribution in [-0.4, -0.2) is 27.4 Å². The molecule has 0 aliphatic rings. The molecule has 0 aliphatic heterocycles. The SMILES string of the molecule is O=c1c2sc(-c3ccc(Br)cc3)cc2ncn1C[C@@H](O)COc1ccc(F)cc1. The van der Waals surface area contributed by atoms with Crippen LogP contribution >= 0.6 is 27.3 Å². The second kappa shape index (κ2) is 8.44. The molecule has 1 N–H and O–H groups in total. The molecule has 0 saturated heterocycles. The van der Waals surface area contributed by atoms with Gasteiger partial charge in [0.05, 0.1) is 18.4 Å². The first-order chi connectivity index (χ1) is 14.0. The predicted octanol–water partition coefficient (Wildman–Crippen LogP) is 4.47. The normalized spacial score (nSPS) is 12.2. The molecule has 0 fully saturated rings. The molecular weight excluding hydrogens is 459 g/mol. The van der Waals surface area contributed by atoms with E-state index in [-0.39, 0.29) is 24.5 Å². The van der Waals surface area contributed by atoms with Gasteiger partial charge in [0.25, 0.3) is 5.56 Å². The van der Waals surface area contributed by atoms with E-state index in [1.54, 1.807) is 0 Å². The van der Waals surface area contributed by atoms with Crippen molar-refractivity contribution in [3.63, 3.8) is 0 Å². The summed E-state index contributed by atoms with van der Waals surface area (Å²) in [5.41, 5.74) is 1.44. The molecule has 0 aliphatic carbocycles. The summed E-state index contributed by atoms with van der Waals surface area (Å²) in [7, 11) is 0. The molecule has 0 bridgehead atoms. The Kier molecular flexibility index (Phi) is 5.75. The summed E-state index contributed by atoms with van der Waals surface area (Å²) >= 11 is 4.79. The van der Waals surface area contributed by atoms with Gasteiger partial charge in [-0.3, -0.25) is 9.36 Å². The minimum Gasteiger partial charge on any atom is -0.491 e. The van der Waals surface area contributed by atoms with E-state index in [2.05, 4.69) is 20.9 Å². The zero-order chi connectivity index (χ0) is 20.4. The van der Waals surface area contributed by atoms with Crippen molar-refractivity contribution < 1.29 is 14.2 Å². The second-order valence-corrected chi connectivity index (χ2v) is 8.42. The molecule has 0 radical (unpaired) electrons. The van der Waals surface area contributed by atoms with Crippen LogP contribution in [0.1, 0.15) is 0 Å². The van der Waals surface area contributed by atoms with Crippen LogP contribution < -0.4 is 10.3 Å². The Morgan fingerprint density at radius 3 is 2.62 bits per heavy atom. The standard InChI is InChI=1S/C21H16BrFN2O3S/c22-14-3-1-13(2-4-14)19-9-18-20(29-19)21(27)25(12-24-18)10-16(26)11-28-17-7-5-15(23)6-8-17/h1-9,12,16,26H,10-11H2/t16-/m1/s1. The number of benzene rings is 2. The zero-order valence-corrected chi connectivity index (χ0v) is 17.5. The van der Waals surface area contributed by atoms with Crippen molar-refractivity contribution in [3.8, 4) is 16.2 Å². The fourth-order valence-corrected chi connectivity index (χ4v) is 4.16. The third kappa shape index (κ3) is 4.55. The molecule has 8 heteroatoms. The first-order valence-corrected chi connectivity index (χ1v) is 10.4. The van der Waals surface area contributed by atoms with Crippen molar-refractivity contribution in [2.75, 3.05) is 6.61 Å². The second-order valence-electron chi connectivity index (χ2n) is 6.45. The largest absolute Gasteiger partial charge is 0.491 e. The highest BCUT2D eigenvalue weighted by Crippen LogP contribution is 2.31. The lowest BCUT2D eigenvalue weighted by molar-refractivity contribution is 0.0914. The Balaban J connectivity index is 1.50. The van der Waals surface area contributed by atoms with Gasteiger partial charge in [0, 0.05) is 9.35 Å². The lowest BCUT2D eigenvalue weighted by atomic mass is 10.2. The average Bonchev–Trinajstić information content (AvgIpc) is 3.15. The third-order valence-corrected chi connectivity index (χ3v) is 5.99. The number of hydrogen-bond acceptors (Lipinski definition) is 5. The molecular formula is C21H16BrFN2O3S. The monoisotopic (exact) mass is 474 g/mol. The number of rotatable bonds is 6. The van der Waals surface area contributed by atoms with Crippen molar-refractivity contribution in [1.29, 1.82) is 0 Å². The Hall–Kier alpha value is -2.55. The Morgan fingerprint density at radius 2 is 1.90 bits per heavy atom. The van der Waals surface area contributed by atoms with Crippen LogP contribution in [-0.2, 0) is 6.54 Å². The molecule has 29 heavy (non-hydrogen) atoms. The average molecular weight is 475 g/mol. The molecule has 2 aromatic carbocycles. The lowest BCUT2D eigenvalue weighted by Crippen LogP contribution is -2.30. The van der Waals surface area contributed by atoms with E-state index in [4.69, 9.17) is 4.74 Å². The van der Waals surface area contributed by atoms with Crippen molar-refractivity contribution in [2.45, 2.75) is 12.6 Å². The molecule has 0 amide bonds. The molecule has 2 aromatic heterocycles. The van der Waals surface area contributed by atoms with Gasteiger partial charge in [0.2, 0.25) is 0 Å². The maximum atomic E-state index is 12.9. The van der Waals surface area contributed by atoms with Gasteiger partial charge in [0.15, 0.2) is 0 Å². The van der Waals surface area contributed by atoms with Crippen molar-refractivity contribution in [2.24, 2.45) is 0 Å². The smallest absolute Gasteiger partial charge is 0.271 e. The van der Waals surface area contributed by atoms with Gasteiger partial charge in [-0.25, -0.2) is 9.37 Å². The number of aliphatic hydroxyl groups is 1. The van der Waals surface area contributed by atoms with Crippen LogP contribution in [0.25, 0.3) is 20.7 Å². The van der Waals surface area contributed by atoms with Gasteiger partial charge in [-0.2, -0.15) is 0 Å². The topological polar surface area (TPSA) is 64.4 Å². The summed E-state index contributed by atoms with van der Waals surface area (Å²) in [4.78, 5) is 18.1. The summed E-state index contributed by atoms with van der Waals surface area (Å²) in [5, 5.41) is 10.2. The van der Waals surface area contributed by atoms with Gasteiger partial charge in [-0.1, -0.05) is 28.1 Å². The summed E-state index contributed by atoms with van der Waals surface area (Å²) < 4.78 is 21.3. The van der Waals surface area contributed by atoms with Crippen LogP contribution in [0, 0.1) is 5.82 Å². The van der Waals surface area contributed by atoms with E-state index in [0.717, 1.165) is 14.9 Å². The lowest BCUT2D eigenvalue weighted by Gasteiger charge is -2.13. The van der Waals surface area contributed by atoms with Crippen molar-refractivity contribution >= 4 is 37.5 Å². The summed E-state index contributed by atoms with van der Waals surface area (Å²) in [6.45, 7) is 0.0270. The van der Waals surface area contributed by atoms with Gasteiger partial charge in [0.1, 0.15) is 29.0 Å². The maximum absolute atomic E-state index is 12.9. The summed E-state index contributed by atoms with van der Waals surface area (Å²) in [5.74, 6) is 0.0889. The van der Waals surface area contributed by atoms with E-state index in [0.29, 0.717) is 16.0 Å². The minimum absolute atomic E-state index is 0.0231. The number of hydrogen-bond donors (Lipinski definition) is 1. The van der Waals surface area contributed by atoms with Gasteiger partial charge < -0.3 is 9.84 Å². The molecule has 5 nitrogen and oxygen atoms in total. The maximum Gasteiger partial charge on any atom is 0.271 e. The van der Waals surface area contributed by atoms with E-state index in [1.165, 1.54) is 46.5 Å². The molecule has 0 spiro atoms. The molecule has 148 valence electrons.